The van der Waals surface area contributed by atoms with Crippen LogP contribution in [0.2, 0.25) is 0 Å². The van der Waals surface area contributed by atoms with E-state index >= 15 is 0 Å². The largest absolute Gasteiger partial charge is 0.518 e. The van der Waals surface area contributed by atoms with Gasteiger partial charge in [0.05, 0.1) is 0 Å². The summed E-state index contributed by atoms with van der Waals surface area (Å²) in [7, 11) is 0. The van der Waals surface area contributed by atoms with Gasteiger partial charge in [-0.15, -0.1) is 0 Å². The van der Waals surface area contributed by atoms with Crippen molar-refractivity contribution in [3.05, 3.63) is 12.2 Å². The molecule has 1 saturated heterocycles. The number of carbonyl (C=O) groups is 2. The number of fused-ring (bicyclic) bond motifs is 1. The second kappa shape index (κ2) is 11.1. The van der Waals surface area contributed by atoms with Gasteiger partial charge in [-0.1, -0.05) is 44.3 Å². The van der Waals surface area contributed by atoms with E-state index in [9.17, 15) is 9.59 Å². The van der Waals surface area contributed by atoms with Crippen LogP contribution >= 0.6 is 0 Å². The standard InChI is InChI=1S/C19H30O5/c20-18-22-16-14-12-10-8-6-4-2-1-3-5-7-9-11-13-15-17(16)23-19(21)24-18/h4,6,16-17H,1-3,5,7-15H2/b6-4-. The first kappa shape index (κ1) is 18.8. The van der Waals surface area contributed by atoms with E-state index in [4.69, 9.17) is 9.47 Å². The Labute approximate surface area is 144 Å². The summed E-state index contributed by atoms with van der Waals surface area (Å²) in [6, 6.07) is 0. The van der Waals surface area contributed by atoms with Crippen LogP contribution in [0.1, 0.15) is 83.5 Å². The molecule has 0 aromatic carbocycles. The van der Waals surface area contributed by atoms with Crippen molar-refractivity contribution in [1.29, 1.82) is 0 Å². The summed E-state index contributed by atoms with van der Waals surface area (Å²) < 4.78 is 15.0. The SMILES string of the molecule is O=C1OC(=O)OC2CCCCCCCCC/C=C\CCCCC2O1. The lowest BCUT2D eigenvalue weighted by molar-refractivity contribution is 0.00302. The molecule has 2 unspecified atom stereocenters. The molecule has 24 heavy (non-hydrogen) atoms. The van der Waals surface area contributed by atoms with E-state index in [2.05, 4.69) is 16.9 Å². The van der Waals surface area contributed by atoms with Crippen LogP contribution in [0.3, 0.4) is 0 Å². The molecular weight excluding hydrogens is 308 g/mol. The average Bonchev–Trinajstić information content (AvgIpc) is 2.67. The molecule has 2 rings (SSSR count). The molecule has 0 radical (unpaired) electrons. The summed E-state index contributed by atoms with van der Waals surface area (Å²) >= 11 is 0. The summed E-state index contributed by atoms with van der Waals surface area (Å²) in [5, 5.41) is 0. The molecule has 0 saturated carbocycles. The minimum Gasteiger partial charge on any atom is -0.427 e. The summed E-state index contributed by atoms with van der Waals surface area (Å²) in [6.45, 7) is 0. The van der Waals surface area contributed by atoms with E-state index in [1.807, 2.05) is 0 Å². The Morgan fingerprint density at radius 2 is 1.04 bits per heavy atom. The second-order valence-electron chi connectivity index (χ2n) is 6.72. The maximum atomic E-state index is 11.5. The molecule has 5 heteroatoms. The summed E-state index contributed by atoms with van der Waals surface area (Å²) in [6.07, 6.45) is 16.0. The van der Waals surface area contributed by atoms with Crippen LogP contribution in [-0.4, -0.2) is 24.5 Å². The number of hydrogen-bond donors (Lipinski definition) is 0. The highest BCUT2D eigenvalue weighted by Gasteiger charge is 2.34. The van der Waals surface area contributed by atoms with E-state index < -0.39 is 12.3 Å². The fourth-order valence-electron chi connectivity index (χ4n) is 3.34. The Hall–Kier alpha value is -1.52. The van der Waals surface area contributed by atoms with Crippen molar-refractivity contribution >= 4 is 12.3 Å². The fraction of sp³-hybridized carbons (Fsp3) is 0.789. The Morgan fingerprint density at radius 1 is 0.625 bits per heavy atom. The minimum absolute atomic E-state index is 0.379. The van der Waals surface area contributed by atoms with Gasteiger partial charge >= 0.3 is 12.3 Å². The normalized spacial score (nSPS) is 29.8. The highest BCUT2D eigenvalue weighted by molar-refractivity contribution is 5.77. The van der Waals surface area contributed by atoms with Gasteiger partial charge in [-0.2, -0.15) is 0 Å². The van der Waals surface area contributed by atoms with Gasteiger partial charge in [0.1, 0.15) is 12.2 Å². The summed E-state index contributed by atoms with van der Waals surface area (Å²) in [5.41, 5.74) is 0. The van der Waals surface area contributed by atoms with Gasteiger partial charge in [0.2, 0.25) is 0 Å². The Kier molecular flexibility index (Phi) is 8.71. The molecule has 1 aliphatic carbocycles. The zero-order valence-corrected chi connectivity index (χ0v) is 14.5. The van der Waals surface area contributed by atoms with E-state index in [0.29, 0.717) is 6.42 Å². The molecule has 0 N–H and O–H groups in total. The van der Waals surface area contributed by atoms with Gasteiger partial charge in [-0.05, 0) is 51.4 Å². The van der Waals surface area contributed by atoms with Crippen molar-refractivity contribution in [3.63, 3.8) is 0 Å². The highest BCUT2D eigenvalue weighted by atomic mass is 16.8. The predicted octanol–water partition coefficient (Wildman–Crippen LogP) is 5.67. The third-order valence-corrected chi connectivity index (χ3v) is 4.71. The molecule has 0 bridgehead atoms. The Bertz CT molecular complexity index is 418. The number of hydrogen-bond acceptors (Lipinski definition) is 5. The van der Waals surface area contributed by atoms with Crippen molar-refractivity contribution < 1.29 is 23.8 Å². The minimum atomic E-state index is -0.932. The van der Waals surface area contributed by atoms with Gasteiger partial charge in [0, 0.05) is 0 Å². The van der Waals surface area contributed by atoms with Crippen molar-refractivity contribution in [3.8, 4) is 0 Å². The van der Waals surface area contributed by atoms with Gasteiger partial charge in [0.25, 0.3) is 0 Å². The molecule has 2 aliphatic rings. The van der Waals surface area contributed by atoms with Gasteiger partial charge in [0.15, 0.2) is 0 Å². The van der Waals surface area contributed by atoms with Crippen LogP contribution in [0, 0.1) is 0 Å². The van der Waals surface area contributed by atoms with Crippen LogP contribution < -0.4 is 0 Å². The number of cyclic esters (lactones) is 2. The quantitative estimate of drug-likeness (QED) is 0.323. The Balaban J connectivity index is 1.89. The van der Waals surface area contributed by atoms with Gasteiger partial charge in [-0.25, -0.2) is 9.59 Å². The van der Waals surface area contributed by atoms with Crippen molar-refractivity contribution in [2.75, 3.05) is 0 Å². The highest BCUT2D eigenvalue weighted by Crippen LogP contribution is 2.23. The number of ether oxygens (including phenoxy) is 3. The first-order valence-electron chi connectivity index (χ1n) is 9.50. The van der Waals surface area contributed by atoms with Crippen molar-refractivity contribution in [1.82, 2.24) is 0 Å². The smallest absolute Gasteiger partial charge is 0.427 e. The molecule has 5 nitrogen and oxygen atoms in total. The van der Waals surface area contributed by atoms with Crippen LogP contribution in [0.15, 0.2) is 12.2 Å². The topological polar surface area (TPSA) is 61.8 Å². The molecule has 0 aromatic heterocycles. The van der Waals surface area contributed by atoms with Crippen molar-refractivity contribution in [2.45, 2.75) is 95.7 Å². The third kappa shape index (κ3) is 7.37. The lowest BCUT2D eigenvalue weighted by Gasteiger charge is -2.22. The van der Waals surface area contributed by atoms with E-state index in [-0.39, 0.29) is 12.2 Å². The summed E-state index contributed by atoms with van der Waals surface area (Å²) in [4.78, 5) is 23.0. The zero-order valence-electron chi connectivity index (χ0n) is 14.5. The van der Waals surface area contributed by atoms with Crippen LogP contribution in [-0.2, 0) is 14.2 Å². The molecule has 0 aromatic rings. The van der Waals surface area contributed by atoms with Crippen LogP contribution in [0.4, 0.5) is 9.59 Å². The monoisotopic (exact) mass is 338 g/mol. The van der Waals surface area contributed by atoms with Gasteiger partial charge < -0.3 is 14.2 Å². The third-order valence-electron chi connectivity index (χ3n) is 4.71. The van der Waals surface area contributed by atoms with E-state index in [0.717, 1.165) is 38.5 Å². The zero-order chi connectivity index (χ0) is 17.0. The number of rotatable bonds is 0. The second-order valence-corrected chi connectivity index (χ2v) is 6.72. The molecule has 1 heterocycles. The first-order valence-corrected chi connectivity index (χ1v) is 9.50. The maximum Gasteiger partial charge on any atom is 0.518 e. The number of carbonyl (C=O) groups excluding carboxylic acids is 2. The fourth-order valence-corrected chi connectivity index (χ4v) is 3.34. The van der Waals surface area contributed by atoms with Crippen molar-refractivity contribution in [2.24, 2.45) is 0 Å². The molecule has 1 aliphatic heterocycles. The lowest BCUT2D eigenvalue weighted by Crippen LogP contribution is -2.31. The lowest BCUT2D eigenvalue weighted by atomic mass is 10.00. The molecule has 0 spiro atoms. The average molecular weight is 338 g/mol. The first-order chi connectivity index (χ1) is 11.8. The maximum absolute atomic E-state index is 11.5. The van der Waals surface area contributed by atoms with Crippen LogP contribution in [0.25, 0.3) is 0 Å². The molecular formula is C19H30O5. The van der Waals surface area contributed by atoms with E-state index in [1.165, 1.54) is 38.5 Å². The number of allylic oxidation sites excluding steroid dienone is 2. The van der Waals surface area contributed by atoms with E-state index in [1.54, 1.807) is 0 Å². The molecule has 0 amide bonds. The predicted molar refractivity (Wildman–Crippen MR) is 90.8 cm³/mol. The molecule has 2 atom stereocenters. The summed E-state index contributed by atoms with van der Waals surface area (Å²) in [5.74, 6) is 0. The van der Waals surface area contributed by atoms with Crippen LogP contribution in [0.5, 0.6) is 0 Å². The Morgan fingerprint density at radius 3 is 1.62 bits per heavy atom. The van der Waals surface area contributed by atoms with Gasteiger partial charge in [-0.3, -0.25) is 0 Å². The molecule has 1 fully saturated rings. The molecule has 136 valence electrons.